The standard InChI is InChI=1S/C17H19N3O2S/c1-18-11-14-10-17(15-6-3-2-4-7-15)20(13-14)23(21,22)16-8-5-9-19-12-16/h2-8,10,12-13,18-19H,9,11H2,1H3. The van der Waals surface area contributed by atoms with Gasteiger partial charge in [0.25, 0.3) is 10.0 Å². The minimum Gasteiger partial charge on any atom is -0.386 e. The second-order valence-electron chi connectivity index (χ2n) is 5.29. The van der Waals surface area contributed by atoms with E-state index in [1.54, 1.807) is 24.5 Å². The van der Waals surface area contributed by atoms with Crippen LogP contribution < -0.4 is 10.6 Å². The van der Waals surface area contributed by atoms with Crippen molar-refractivity contribution in [2.45, 2.75) is 6.54 Å². The lowest BCUT2D eigenvalue weighted by atomic mass is 10.1. The predicted molar refractivity (Wildman–Crippen MR) is 92.2 cm³/mol. The van der Waals surface area contributed by atoms with Gasteiger partial charge in [-0.05, 0) is 30.3 Å². The van der Waals surface area contributed by atoms with Crippen molar-refractivity contribution in [2.24, 2.45) is 0 Å². The maximum atomic E-state index is 13.0. The summed E-state index contributed by atoms with van der Waals surface area (Å²) in [6, 6.07) is 11.4. The molecule has 1 aliphatic heterocycles. The van der Waals surface area contributed by atoms with E-state index in [-0.39, 0.29) is 4.91 Å². The molecule has 0 amide bonds. The van der Waals surface area contributed by atoms with E-state index >= 15 is 0 Å². The second-order valence-corrected chi connectivity index (χ2v) is 7.10. The van der Waals surface area contributed by atoms with Gasteiger partial charge in [-0.25, -0.2) is 12.4 Å². The average Bonchev–Trinajstić information content (AvgIpc) is 3.02. The zero-order valence-electron chi connectivity index (χ0n) is 12.9. The van der Waals surface area contributed by atoms with Gasteiger partial charge < -0.3 is 10.6 Å². The summed E-state index contributed by atoms with van der Waals surface area (Å²) in [5, 5.41) is 6.01. The molecule has 6 heteroatoms. The Hall–Kier alpha value is -2.31. The fraction of sp³-hybridized carbons (Fsp3) is 0.176. The molecule has 0 atom stereocenters. The molecule has 120 valence electrons. The van der Waals surface area contributed by atoms with Crippen LogP contribution in [0.4, 0.5) is 0 Å². The van der Waals surface area contributed by atoms with Gasteiger partial charge in [0, 0.05) is 25.5 Å². The van der Waals surface area contributed by atoms with Crippen LogP contribution in [-0.4, -0.2) is 26.0 Å². The molecule has 1 aliphatic rings. The van der Waals surface area contributed by atoms with Crippen molar-refractivity contribution >= 4 is 10.0 Å². The van der Waals surface area contributed by atoms with Gasteiger partial charge >= 0.3 is 0 Å². The third kappa shape index (κ3) is 3.09. The lowest BCUT2D eigenvalue weighted by Gasteiger charge is -2.13. The molecule has 1 aromatic heterocycles. The van der Waals surface area contributed by atoms with Crippen LogP contribution in [0, 0.1) is 0 Å². The molecule has 0 saturated carbocycles. The zero-order chi connectivity index (χ0) is 16.3. The predicted octanol–water partition coefficient (Wildman–Crippen LogP) is 2.05. The van der Waals surface area contributed by atoms with E-state index in [1.165, 1.54) is 3.97 Å². The highest BCUT2D eigenvalue weighted by Gasteiger charge is 2.23. The van der Waals surface area contributed by atoms with Crippen LogP contribution >= 0.6 is 0 Å². The summed E-state index contributed by atoms with van der Waals surface area (Å²) in [6.07, 6.45) is 6.66. The Morgan fingerprint density at radius 1 is 1.26 bits per heavy atom. The third-order valence-corrected chi connectivity index (χ3v) is 5.28. The maximum Gasteiger partial charge on any atom is 0.269 e. The second kappa shape index (κ2) is 6.44. The van der Waals surface area contributed by atoms with Crippen LogP contribution in [0.5, 0.6) is 0 Å². The van der Waals surface area contributed by atoms with Gasteiger partial charge in [-0.3, -0.25) is 0 Å². The summed E-state index contributed by atoms with van der Waals surface area (Å²) >= 11 is 0. The first-order valence-electron chi connectivity index (χ1n) is 7.40. The number of nitrogens with zero attached hydrogens (tertiary/aromatic N) is 1. The van der Waals surface area contributed by atoms with Gasteiger partial charge in [0.15, 0.2) is 0 Å². The lowest BCUT2D eigenvalue weighted by Crippen LogP contribution is -2.19. The van der Waals surface area contributed by atoms with Crippen LogP contribution in [-0.2, 0) is 16.6 Å². The Balaban J connectivity index is 2.14. The monoisotopic (exact) mass is 329 g/mol. The number of allylic oxidation sites excluding steroid dienone is 1. The van der Waals surface area contributed by atoms with Crippen molar-refractivity contribution in [3.05, 3.63) is 71.4 Å². The normalized spacial score (nSPS) is 14.4. The number of dihydropyridines is 1. The van der Waals surface area contributed by atoms with E-state index in [2.05, 4.69) is 10.6 Å². The molecular weight excluding hydrogens is 310 g/mol. The first kappa shape index (κ1) is 15.6. The van der Waals surface area contributed by atoms with Crippen molar-refractivity contribution in [3.8, 4) is 11.3 Å². The van der Waals surface area contributed by atoms with Gasteiger partial charge in [-0.2, -0.15) is 0 Å². The quantitative estimate of drug-likeness (QED) is 0.881. The molecule has 0 radical (unpaired) electrons. The fourth-order valence-corrected chi connectivity index (χ4v) is 3.96. The highest BCUT2D eigenvalue weighted by molar-refractivity contribution is 7.94. The molecule has 23 heavy (non-hydrogen) atoms. The largest absolute Gasteiger partial charge is 0.386 e. The molecule has 1 aromatic carbocycles. The van der Waals surface area contributed by atoms with Crippen molar-refractivity contribution in [1.82, 2.24) is 14.6 Å². The van der Waals surface area contributed by atoms with Gasteiger partial charge in [0.1, 0.15) is 4.91 Å². The molecule has 3 rings (SSSR count). The average molecular weight is 329 g/mol. The first-order valence-corrected chi connectivity index (χ1v) is 8.84. The Morgan fingerprint density at radius 2 is 2.04 bits per heavy atom. The minimum absolute atomic E-state index is 0.257. The van der Waals surface area contributed by atoms with Crippen LogP contribution in [0.15, 0.2) is 65.9 Å². The molecule has 2 heterocycles. The zero-order valence-corrected chi connectivity index (χ0v) is 13.7. The number of aromatic nitrogens is 1. The van der Waals surface area contributed by atoms with E-state index in [0.29, 0.717) is 18.8 Å². The van der Waals surface area contributed by atoms with E-state index < -0.39 is 10.0 Å². The Kier molecular flexibility index (Phi) is 4.36. The molecule has 5 nitrogen and oxygen atoms in total. The Morgan fingerprint density at radius 3 is 2.70 bits per heavy atom. The van der Waals surface area contributed by atoms with Crippen LogP contribution in [0.2, 0.25) is 0 Å². The van der Waals surface area contributed by atoms with Crippen molar-refractivity contribution < 1.29 is 8.42 Å². The van der Waals surface area contributed by atoms with E-state index in [9.17, 15) is 8.42 Å². The Bertz CT molecular complexity index is 849. The minimum atomic E-state index is -3.64. The van der Waals surface area contributed by atoms with E-state index in [4.69, 9.17) is 0 Å². The molecule has 0 spiro atoms. The molecule has 0 aliphatic carbocycles. The molecule has 0 saturated heterocycles. The maximum absolute atomic E-state index is 13.0. The lowest BCUT2D eigenvalue weighted by molar-refractivity contribution is 0.594. The first-order chi connectivity index (χ1) is 11.1. The van der Waals surface area contributed by atoms with Crippen molar-refractivity contribution in [1.29, 1.82) is 0 Å². The van der Waals surface area contributed by atoms with Crippen LogP contribution in [0.1, 0.15) is 5.56 Å². The van der Waals surface area contributed by atoms with Gasteiger partial charge in [0.2, 0.25) is 0 Å². The molecule has 2 N–H and O–H groups in total. The summed E-state index contributed by atoms with van der Waals surface area (Å²) in [6.45, 7) is 1.25. The SMILES string of the molecule is CNCc1cc(-c2ccccc2)n(S(=O)(=O)C2=CNCC=C2)c1. The fourth-order valence-electron chi connectivity index (χ4n) is 2.54. The third-order valence-electron chi connectivity index (χ3n) is 3.61. The molecule has 2 aromatic rings. The molecular formula is C17H19N3O2S. The smallest absolute Gasteiger partial charge is 0.269 e. The topological polar surface area (TPSA) is 63.1 Å². The highest BCUT2D eigenvalue weighted by atomic mass is 32.2. The summed E-state index contributed by atoms with van der Waals surface area (Å²) in [4.78, 5) is 0.257. The van der Waals surface area contributed by atoms with Gasteiger partial charge in [-0.15, -0.1) is 0 Å². The summed E-state index contributed by atoms with van der Waals surface area (Å²) in [7, 11) is -1.80. The molecule has 0 unspecified atom stereocenters. The van der Waals surface area contributed by atoms with E-state index in [0.717, 1.165) is 11.1 Å². The number of hydrogen-bond donors (Lipinski definition) is 2. The summed E-state index contributed by atoms with van der Waals surface area (Å²) in [5.74, 6) is 0. The van der Waals surface area contributed by atoms with E-state index in [1.807, 2.05) is 43.4 Å². The summed E-state index contributed by atoms with van der Waals surface area (Å²) in [5.41, 5.74) is 2.45. The number of nitrogens with one attached hydrogen (secondary N) is 2. The molecule has 0 bridgehead atoms. The van der Waals surface area contributed by atoms with Crippen molar-refractivity contribution in [3.63, 3.8) is 0 Å². The van der Waals surface area contributed by atoms with Gasteiger partial charge in [-0.1, -0.05) is 36.4 Å². The number of benzene rings is 1. The molecule has 0 fully saturated rings. The van der Waals surface area contributed by atoms with Crippen molar-refractivity contribution in [2.75, 3.05) is 13.6 Å². The van der Waals surface area contributed by atoms with Crippen LogP contribution in [0.25, 0.3) is 11.3 Å². The van der Waals surface area contributed by atoms with Gasteiger partial charge in [0.05, 0.1) is 5.69 Å². The number of hydrogen-bond acceptors (Lipinski definition) is 4. The summed E-state index contributed by atoms with van der Waals surface area (Å²) < 4.78 is 27.3. The number of rotatable bonds is 5. The van der Waals surface area contributed by atoms with Crippen LogP contribution in [0.3, 0.4) is 0 Å². The highest BCUT2D eigenvalue weighted by Crippen LogP contribution is 2.27. The Labute approximate surface area is 136 Å².